The number of ether oxygens (including phenoxy) is 3. The number of hydrogen-bond donors (Lipinski definition) is 0. The Hall–Kier alpha value is -1.85. The smallest absolute Gasteiger partial charge is 0.306 e. The summed E-state index contributed by atoms with van der Waals surface area (Å²) in [5, 5.41) is 0. The highest BCUT2D eigenvalue weighted by Crippen LogP contribution is 2.19. The average Bonchev–Trinajstić information content (AvgIpc) is 3.43. The van der Waals surface area contributed by atoms with Crippen molar-refractivity contribution < 1.29 is 28.6 Å². The maximum atomic E-state index is 12.9. The molecule has 0 aromatic heterocycles. The van der Waals surface area contributed by atoms with Gasteiger partial charge in [0.25, 0.3) is 0 Å². The van der Waals surface area contributed by atoms with Crippen LogP contribution in [0, 0.1) is 0 Å². The van der Waals surface area contributed by atoms with Gasteiger partial charge in [0.2, 0.25) is 0 Å². The van der Waals surface area contributed by atoms with Crippen LogP contribution >= 0.6 is 0 Å². The fourth-order valence-electron chi connectivity index (χ4n) is 11.0. The summed E-state index contributed by atoms with van der Waals surface area (Å²) in [4.78, 5) is 38.4. The maximum absolute atomic E-state index is 12.9. The number of rotatable bonds is 66. The fourth-order valence-corrected chi connectivity index (χ4v) is 11.0. The molecule has 0 N–H and O–H groups in total. The Morgan fingerprint density at radius 3 is 0.649 bits per heavy atom. The van der Waals surface area contributed by atoms with E-state index < -0.39 is 6.10 Å². The van der Waals surface area contributed by atoms with Gasteiger partial charge in [-0.25, -0.2) is 0 Å². The number of carbonyl (C=O) groups excluding carboxylic acids is 3. The van der Waals surface area contributed by atoms with Crippen molar-refractivity contribution in [3.63, 3.8) is 0 Å². The molecule has 0 fully saturated rings. The van der Waals surface area contributed by atoms with Crippen LogP contribution in [0.25, 0.3) is 0 Å². The summed E-state index contributed by atoms with van der Waals surface area (Å²) in [6, 6.07) is 0. The number of hydrogen-bond acceptors (Lipinski definition) is 6. The molecule has 0 aliphatic rings. The molecule has 77 heavy (non-hydrogen) atoms. The molecule has 0 aliphatic heterocycles. The van der Waals surface area contributed by atoms with Gasteiger partial charge >= 0.3 is 17.9 Å². The molecule has 456 valence electrons. The van der Waals surface area contributed by atoms with Gasteiger partial charge in [0.15, 0.2) is 6.10 Å². The van der Waals surface area contributed by atoms with Crippen LogP contribution in [0.3, 0.4) is 0 Å². The van der Waals surface area contributed by atoms with E-state index in [1.807, 2.05) is 0 Å². The minimum absolute atomic E-state index is 0.0639. The molecular weight excluding hydrogens is 949 g/mol. The zero-order valence-corrected chi connectivity index (χ0v) is 52.5. The minimum Gasteiger partial charge on any atom is -0.462 e. The first-order chi connectivity index (χ1) is 38.0. The van der Waals surface area contributed by atoms with Crippen LogP contribution in [0.1, 0.15) is 406 Å². The second kappa shape index (κ2) is 66.7. The molecule has 0 saturated heterocycles. The van der Waals surface area contributed by atoms with E-state index in [0.29, 0.717) is 19.3 Å². The lowest BCUT2D eigenvalue weighted by Crippen LogP contribution is -2.30. The largest absolute Gasteiger partial charge is 0.462 e. The SMILES string of the molecule is CCCCCCCCCC/C=C\CCCCCCCCCCCC(=O)OC(COC(=O)CCCCCCCCCCCCCCC)COC(=O)CCCCCCCCCCCCCCCCCCCCCCCCCCC. The molecule has 0 aromatic carbocycles. The lowest BCUT2D eigenvalue weighted by molar-refractivity contribution is -0.167. The van der Waals surface area contributed by atoms with E-state index in [1.165, 1.54) is 308 Å². The molecule has 0 amide bonds. The third kappa shape index (κ3) is 64.9. The zero-order valence-electron chi connectivity index (χ0n) is 52.5. The third-order valence-electron chi connectivity index (χ3n) is 16.3. The summed E-state index contributed by atoms with van der Waals surface area (Å²) in [7, 11) is 0. The van der Waals surface area contributed by atoms with E-state index >= 15 is 0 Å². The van der Waals surface area contributed by atoms with Crippen LogP contribution < -0.4 is 0 Å². The Morgan fingerprint density at radius 2 is 0.429 bits per heavy atom. The Morgan fingerprint density at radius 1 is 0.247 bits per heavy atom. The van der Waals surface area contributed by atoms with E-state index in [0.717, 1.165) is 57.8 Å². The molecule has 0 aromatic rings. The second-order valence-electron chi connectivity index (χ2n) is 24.2. The molecule has 1 atom stereocenters. The summed E-state index contributed by atoms with van der Waals surface area (Å²) in [5.74, 6) is -0.831. The maximum Gasteiger partial charge on any atom is 0.306 e. The third-order valence-corrected chi connectivity index (χ3v) is 16.3. The van der Waals surface area contributed by atoms with Gasteiger partial charge in [-0.15, -0.1) is 0 Å². The van der Waals surface area contributed by atoms with Crippen LogP contribution in [0.4, 0.5) is 0 Å². The van der Waals surface area contributed by atoms with Crippen molar-refractivity contribution in [3.8, 4) is 0 Å². The summed E-state index contributed by atoms with van der Waals surface area (Å²) in [6.45, 7) is 6.73. The summed E-state index contributed by atoms with van der Waals surface area (Å²) < 4.78 is 17.0. The Bertz CT molecular complexity index is 1200. The molecule has 6 nitrogen and oxygen atoms in total. The molecule has 0 bridgehead atoms. The van der Waals surface area contributed by atoms with Crippen LogP contribution in [0.5, 0.6) is 0 Å². The molecule has 0 saturated carbocycles. The number of esters is 3. The normalized spacial score (nSPS) is 12.0. The highest BCUT2D eigenvalue weighted by atomic mass is 16.6. The van der Waals surface area contributed by atoms with Gasteiger partial charge in [-0.05, 0) is 44.9 Å². The summed E-state index contributed by atoms with van der Waals surface area (Å²) in [6.07, 6.45) is 79.6. The molecular formula is C71H136O6. The number of allylic oxidation sites excluding steroid dienone is 2. The topological polar surface area (TPSA) is 78.9 Å². The Labute approximate surface area is 481 Å². The standard InChI is InChI=1S/C71H136O6/c1-4-7-10-13-16-19-22-25-27-29-31-33-34-35-36-38-39-41-43-46-49-52-55-58-61-64-70(73)76-67-68(66-75-69(72)63-60-57-54-51-48-45-24-21-18-15-12-9-6-3)77-71(74)65-62-59-56-53-50-47-44-42-40-37-32-30-28-26-23-20-17-14-11-8-5-2/h30,32,68H,4-29,31,33-67H2,1-3H3/b32-30-. The average molecular weight is 1090 g/mol. The van der Waals surface area contributed by atoms with Gasteiger partial charge in [-0.2, -0.15) is 0 Å². The summed E-state index contributed by atoms with van der Waals surface area (Å²) in [5.41, 5.74) is 0. The molecule has 0 rings (SSSR count). The van der Waals surface area contributed by atoms with Crippen molar-refractivity contribution in [3.05, 3.63) is 12.2 Å². The predicted octanol–water partition coefficient (Wildman–Crippen LogP) is 24.0. The zero-order chi connectivity index (χ0) is 55.7. The monoisotopic (exact) mass is 1090 g/mol. The van der Waals surface area contributed by atoms with Crippen LogP contribution in [-0.4, -0.2) is 37.2 Å². The molecule has 0 heterocycles. The van der Waals surface area contributed by atoms with E-state index in [4.69, 9.17) is 14.2 Å². The molecule has 6 heteroatoms. The first kappa shape index (κ1) is 75.2. The van der Waals surface area contributed by atoms with Crippen LogP contribution in [0.2, 0.25) is 0 Å². The molecule has 0 aliphatic carbocycles. The Balaban J connectivity index is 4.21. The van der Waals surface area contributed by atoms with Gasteiger partial charge in [0.1, 0.15) is 13.2 Å². The summed E-state index contributed by atoms with van der Waals surface area (Å²) >= 11 is 0. The van der Waals surface area contributed by atoms with E-state index in [2.05, 4.69) is 32.9 Å². The highest BCUT2D eigenvalue weighted by Gasteiger charge is 2.19. The Kier molecular flexibility index (Phi) is 65.1. The van der Waals surface area contributed by atoms with Crippen LogP contribution in [0.15, 0.2) is 12.2 Å². The van der Waals surface area contributed by atoms with Gasteiger partial charge in [0, 0.05) is 19.3 Å². The van der Waals surface area contributed by atoms with E-state index in [9.17, 15) is 14.4 Å². The predicted molar refractivity (Wildman–Crippen MR) is 335 cm³/mol. The highest BCUT2D eigenvalue weighted by molar-refractivity contribution is 5.71. The molecule has 1 unspecified atom stereocenters. The van der Waals surface area contributed by atoms with Crippen molar-refractivity contribution in [2.24, 2.45) is 0 Å². The van der Waals surface area contributed by atoms with Crippen molar-refractivity contribution in [2.45, 2.75) is 412 Å². The van der Waals surface area contributed by atoms with Gasteiger partial charge in [-0.3, -0.25) is 14.4 Å². The van der Waals surface area contributed by atoms with Crippen molar-refractivity contribution in [2.75, 3.05) is 13.2 Å². The van der Waals surface area contributed by atoms with E-state index in [1.54, 1.807) is 0 Å². The number of unbranched alkanes of at least 4 members (excludes halogenated alkanes) is 53. The van der Waals surface area contributed by atoms with E-state index in [-0.39, 0.29) is 31.1 Å². The minimum atomic E-state index is -0.767. The molecule has 0 spiro atoms. The first-order valence-corrected chi connectivity index (χ1v) is 35.2. The van der Waals surface area contributed by atoms with Gasteiger partial charge < -0.3 is 14.2 Å². The van der Waals surface area contributed by atoms with Gasteiger partial charge in [0.05, 0.1) is 0 Å². The lowest BCUT2D eigenvalue weighted by Gasteiger charge is -2.18. The first-order valence-electron chi connectivity index (χ1n) is 35.2. The molecule has 0 radical (unpaired) electrons. The lowest BCUT2D eigenvalue weighted by atomic mass is 10.0. The van der Waals surface area contributed by atoms with Crippen molar-refractivity contribution in [1.82, 2.24) is 0 Å². The quantitative estimate of drug-likeness (QED) is 0.0261. The fraction of sp³-hybridized carbons (Fsp3) is 0.930. The van der Waals surface area contributed by atoms with Crippen molar-refractivity contribution in [1.29, 1.82) is 0 Å². The number of carbonyl (C=O) groups is 3. The van der Waals surface area contributed by atoms with Crippen molar-refractivity contribution >= 4 is 17.9 Å². The second-order valence-corrected chi connectivity index (χ2v) is 24.2. The van der Waals surface area contributed by atoms with Crippen LogP contribution in [-0.2, 0) is 28.6 Å². The van der Waals surface area contributed by atoms with Gasteiger partial charge in [-0.1, -0.05) is 354 Å².